The molecule has 4 aromatic rings. The molecule has 0 aliphatic carbocycles. The number of aromatic nitrogens is 1. The number of anilines is 1. The Bertz CT molecular complexity index is 1360. The molecule has 1 N–H and O–H groups in total. The van der Waals surface area contributed by atoms with Crippen molar-refractivity contribution in [1.29, 1.82) is 0 Å². The number of ether oxygens (including phenoxy) is 1. The van der Waals surface area contributed by atoms with Crippen LogP contribution in [0, 0.1) is 13.8 Å². The highest BCUT2D eigenvalue weighted by molar-refractivity contribution is 5.95. The van der Waals surface area contributed by atoms with Crippen molar-refractivity contribution in [3.63, 3.8) is 0 Å². The monoisotopic (exact) mass is 452 g/mol. The van der Waals surface area contributed by atoms with E-state index in [0.717, 1.165) is 50.7 Å². The quantitative estimate of drug-likeness (QED) is 0.352. The molecule has 5 heteroatoms. The van der Waals surface area contributed by atoms with Gasteiger partial charge in [0.1, 0.15) is 6.61 Å². The molecular formula is C29H28N2O3. The van der Waals surface area contributed by atoms with Gasteiger partial charge in [-0.2, -0.15) is 0 Å². The molecule has 0 radical (unpaired) electrons. The van der Waals surface area contributed by atoms with Gasteiger partial charge in [0.15, 0.2) is 0 Å². The number of fused-ring (bicyclic) bond motifs is 1. The maximum absolute atomic E-state index is 12.6. The lowest BCUT2D eigenvalue weighted by Crippen LogP contribution is -2.15. The molecule has 5 nitrogen and oxygen atoms in total. The Morgan fingerprint density at radius 2 is 1.76 bits per heavy atom. The summed E-state index contributed by atoms with van der Waals surface area (Å²) in [6.45, 7) is 6.17. The number of amides is 1. The molecule has 1 aromatic heterocycles. The first-order chi connectivity index (χ1) is 16.4. The average molecular weight is 453 g/mol. The van der Waals surface area contributed by atoms with Gasteiger partial charge in [-0.1, -0.05) is 48.9 Å². The zero-order valence-electron chi connectivity index (χ0n) is 19.7. The zero-order chi connectivity index (χ0) is 24.1. The molecular weight excluding hydrogens is 424 g/mol. The van der Waals surface area contributed by atoms with Crippen molar-refractivity contribution >= 4 is 28.3 Å². The SMILES string of the molecule is CCc1cc(CC(=O)Nc2ccc3cnccc3c2)ccc1COC(=O)c1ccc(C)cc1C. The molecule has 34 heavy (non-hydrogen) atoms. The Morgan fingerprint density at radius 3 is 2.56 bits per heavy atom. The standard InChI is InChI=1S/C29H28N2O3/c1-4-22-14-21(15-28(32)31-26-9-8-24-17-30-12-11-23(24)16-26)6-7-25(22)18-34-29(33)27-10-5-19(2)13-20(27)3/h5-14,16-17H,4,15,18H2,1-3H3,(H,31,32). The van der Waals surface area contributed by atoms with E-state index in [0.29, 0.717) is 5.56 Å². The molecule has 172 valence electrons. The number of esters is 1. The van der Waals surface area contributed by atoms with Crippen LogP contribution in [0.25, 0.3) is 10.8 Å². The molecule has 0 spiro atoms. The minimum Gasteiger partial charge on any atom is -0.457 e. The zero-order valence-corrected chi connectivity index (χ0v) is 19.7. The van der Waals surface area contributed by atoms with Crippen molar-refractivity contribution in [2.45, 2.75) is 40.2 Å². The van der Waals surface area contributed by atoms with Gasteiger partial charge in [-0.25, -0.2) is 4.79 Å². The largest absolute Gasteiger partial charge is 0.457 e. The second kappa shape index (κ2) is 10.3. The van der Waals surface area contributed by atoms with E-state index in [1.165, 1.54) is 0 Å². The number of aryl methyl sites for hydroxylation is 3. The van der Waals surface area contributed by atoms with Crippen molar-refractivity contribution in [3.8, 4) is 0 Å². The van der Waals surface area contributed by atoms with E-state index < -0.39 is 0 Å². The smallest absolute Gasteiger partial charge is 0.338 e. The van der Waals surface area contributed by atoms with Crippen LogP contribution in [-0.4, -0.2) is 16.9 Å². The lowest BCUT2D eigenvalue weighted by atomic mass is 10.0. The Labute approximate surface area is 199 Å². The highest BCUT2D eigenvalue weighted by Crippen LogP contribution is 2.20. The normalized spacial score (nSPS) is 10.8. The summed E-state index contributed by atoms with van der Waals surface area (Å²) in [5, 5.41) is 5.03. The third-order valence-electron chi connectivity index (χ3n) is 5.90. The van der Waals surface area contributed by atoms with Gasteiger partial charge < -0.3 is 10.1 Å². The molecule has 0 aliphatic rings. The van der Waals surface area contributed by atoms with Crippen LogP contribution in [0.15, 0.2) is 73.1 Å². The number of pyridine rings is 1. The number of carbonyl (C=O) groups excluding carboxylic acids is 2. The van der Waals surface area contributed by atoms with Gasteiger partial charge >= 0.3 is 5.97 Å². The topological polar surface area (TPSA) is 68.3 Å². The highest BCUT2D eigenvalue weighted by Gasteiger charge is 2.13. The van der Waals surface area contributed by atoms with E-state index >= 15 is 0 Å². The first kappa shape index (κ1) is 23.2. The number of nitrogens with zero attached hydrogens (tertiary/aromatic N) is 1. The maximum Gasteiger partial charge on any atom is 0.338 e. The van der Waals surface area contributed by atoms with Crippen molar-refractivity contribution in [2.75, 3.05) is 5.32 Å². The molecule has 0 bridgehead atoms. The van der Waals surface area contributed by atoms with Crippen LogP contribution >= 0.6 is 0 Å². The summed E-state index contributed by atoms with van der Waals surface area (Å²) in [4.78, 5) is 29.3. The van der Waals surface area contributed by atoms with Gasteiger partial charge in [0.05, 0.1) is 12.0 Å². The fourth-order valence-corrected chi connectivity index (χ4v) is 4.07. The van der Waals surface area contributed by atoms with Gasteiger partial charge in [-0.3, -0.25) is 9.78 Å². The van der Waals surface area contributed by atoms with Gasteiger partial charge in [0.25, 0.3) is 0 Å². The van der Waals surface area contributed by atoms with Crippen molar-refractivity contribution in [1.82, 2.24) is 4.98 Å². The predicted octanol–water partition coefficient (Wildman–Crippen LogP) is 5.95. The summed E-state index contributed by atoms with van der Waals surface area (Å²) >= 11 is 0. The minimum absolute atomic E-state index is 0.0792. The molecule has 3 aromatic carbocycles. The second-order valence-corrected chi connectivity index (χ2v) is 8.51. The summed E-state index contributed by atoms with van der Waals surface area (Å²) in [5.74, 6) is -0.404. The highest BCUT2D eigenvalue weighted by atomic mass is 16.5. The number of benzene rings is 3. The fraction of sp³-hybridized carbons (Fsp3) is 0.207. The van der Waals surface area contributed by atoms with Crippen molar-refractivity contribution in [2.24, 2.45) is 0 Å². The lowest BCUT2D eigenvalue weighted by Gasteiger charge is -2.13. The van der Waals surface area contributed by atoms with E-state index in [-0.39, 0.29) is 24.9 Å². The number of hydrogen-bond donors (Lipinski definition) is 1. The van der Waals surface area contributed by atoms with E-state index in [4.69, 9.17) is 4.74 Å². The average Bonchev–Trinajstić information content (AvgIpc) is 2.82. The van der Waals surface area contributed by atoms with Crippen LogP contribution in [0.3, 0.4) is 0 Å². The van der Waals surface area contributed by atoms with Crippen LogP contribution < -0.4 is 5.32 Å². The predicted molar refractivity (Wildman–Crippen MR) is 135 cm³/mol. The van der Waals surface area contributed by atoms with Crippen molar-refractivity contribution < 1.29 is 14.3 Å². The summed E-state index contributed by atoms with van der Waals surface area (Å²) in [7, 11) is 0. The number of rotatable bonds is 7. The van der Waals surface area contributed by atoms with Crippen LogP contribution in [0.5, 0.6) is 0 Å². The van der Waals surface area contributed by atoms with Gasteiger partial charge in [-0.15, -0.1) is 0 Å². The number of carbonyl (C=O) groups is 2. The van der Waals surface area contributed by atoms with Crippen LogP contribution in [0.4, 0.5) is 5.69 Å². The first-order valence-corrected chi connectivity index (χ1v) is 11.4. The van der Waals surface area contributed by atoms with Gasteiger partial charge in [0.2, 0.25) is 5.91 Å². The van der Waals surface area contributed by atoms with E-state index in [2.05, 4.69) is 17.2 Å². The summed E-state index contributed by atoms with van der Waals surface area (Å²) in [6.07, 6.45) is 4.59. The third-order valence-corrected chi connectivity index (χ3v) is 5.90. The Morgan fingerprint density at radius 1 is 0.912 bits per heavy atom. The summed E-state index contributed by atoms with van der Waals surface area (Å²) in [6, 6.07) is 19.3. The number of hydrogen-bond acceptors (Lipinski definition) is 4. The molecule has 0 atom stereocenters. The first-order valence-electron chi connectivity index (χ1n) is 11.4. The van der Waals surface area contributed by atoms with Crippen LogP contribution in [0.1, 0.15) is 45.1 Å². The molecule has 0 unspecified atom stereocenters. The molecule has 0 fully saturated rings. The molecule has 1 heterocycles. The van der Waals surface area contributed by atoms with Crippen LogP contribution in [-0.2, 0) is 29.0 Å². The molecule has 1 amide bonds. The molecule has 0 saturated carbocycles. The maximum atomic E-state index is 12.6. The van der Waals surface area contributed by atoms with E-state index in [1.807, 2.05) is 74.5 Å². The third kappa shape index (κ3) is 5.49. The van der Waals surface area contributed by atoms with E-state index in [1.54, 1.807) is 12.4 Å². The Hall–Kier alpha value is -3.99. The van der Waals surface area contributed by atoms with Gasteiger partial charge in [-0.05, 0) is 72.2 Å². The van der Waals surface area contributed by atoms with Crippen molar-refractivity contribution in [3.05, 3.63) is 106 Å². The van der Waals surface area contributed by atoms with Gasteiger partial charge in [0, 0.05) is 23.5 Å². The number of nitrogens with one attached hydrogen (secondary N) is 1. The minimum atomic E-state index is -0.325. The summed E-state index contributed by atoms with van der Waals surface area (Å²) < 4.78 is 5.59. The Kier molecular flexibility index (Phi) is 7.02. The summed E-state index contributed by atoms with van der Waals surface area (Å²) in [5.41, 5.74) is 6.30. The fourth-order valence-electron chi connectivity index (χ4n) is 4.07. The Balaban J connectivity index is 1.39. The molecule has 0 saturated heterocycles. The lowest BCUT2D eigenvalue weighted by molar-refractivity contribution is -0.115. The molecule has 4 rings (SSSR count). The molecule has 0 aliphatic heterocycles. The van der Waals surface area contributed by atoms with E-state index in [9.17, 15) is 9.59 Å². The van der Waals surface area contributed by atoms with Crippen LogP contribution in [0.2, 0.25) is 0 Å². The second-order valence-electron chi connectivity index (χ2n) is 8.51.